The first kappa shape index (κ1) is 17.5. The third kappa shape index (κ3) is 3.92. The average molecular weight is 365 g/mol. The highest BCUT2D eigenvalue weighted by molar-refractivity contribution is 5.75. The molecule has 0 saturated carbocycles. The molecule has 27 heavy (non-hydrogen) atoms. The standard InChI is InChI=1S/C20H23N5O2/c1-2-18-22-12-16(27-18)13-23-20(26)25-10-7-14(8-11-25)17-6-5-15-4-3-9-21-19(15)24-17/h3-6,9,12,14H,2,7-8,10-11,13H2,1H3,(H,23,26). The van der Waals surface area contributed by atoms with Gasteiger partial charge in [0.2, 0.25) is 0 Å². The number of aryl methyl sites for hydroxylation is 1. The van der Waals surface area contributed by atoms with Gasteiger partial charge in [-0.25, -0.2) is 19.7 Å². The number of aromatic nitrogens is 3. The van der Waals surface area contributed by atoms with E-state index in [2.05, 4.69) is 27.4 Å². The van der Waals surface area contributed by atoms with Gasteiger partial charge < -0.3 is 14.6 Å². The zero-order valence-corrected chi connectivity index (χ0v) is 15.4. The molecule has 0 aromatic carbocycles. The molecule has 0 radical (unpaired) electrons. The van der Waals surface area contributed by atoms with Crippen molar-refractivity contribution < 1.29 is 9.21 Å². The molecular weight excluding hydrogens is 342 g/mol. The molecule has 0 bridgehead atoms. The number of nitrogens with one attached hydrogen (secondary N) is 1. The van der Waals surface area contributed by atoms with Gasteiger partial charge >= 0.3 is 6.03 Å². The Labute approximate surface area is 157 Å². The number of carbonyl (C=O) groups excluding carboxylic acids is 1. The molecule has 4 rings (SSSR count). The van der Waals surface area contributed by atoms with Crippen LogP contribution in [0.15, 0.2) is 41.1 Å². The van der Waals surface area contributed by atoms with Gasteiger partial charge in [-0.05, 0) is 37.1 Å². The quantitative estimate of drug-likeness (QED) is 0.767. The summed E-state index contributed by atoms with van der Waals surface area (Å²) in [5.41, 5.74) is 1.85. The first-order chi connectivity index (χ1) is 13.2. The van der Waals surface area contributed by atoms with E-state index in [-0.39, 0.29) is 6.03 Å². The van der Waals surface area contributed by atoms with Crippen LogP contribution in [0.1, 0.15) is 43.0 Å². The second kappa shape index (κ2) is 7.73. The Morgan fingerprint density at radius 3 is 2.89 bits per heavy atom. The van der Waals surface area contributed by atoms with E-state index in [1.807, 2.05) is 24.0 Å². The second-order valence-electron chi connectivity index (χ2n) is 6.78. The average Bonchev–Trinajstić information content (AvgIpc) is 3.20. The number of hydrogen-bond acceptors (Lipinski definition) is 5. The summed E-state index contributed by atoms with van der Waals surface area (Å²) < 4.78 is 5.52. The molecule has 1 fully saturated rings. The predicted molar refractivity (Wildman–Crippen MR) is 101 cm³/mol. The van der Waals surface area contributed by atoms with Gasteiger partial charge in [-0.15, -0.1) is 0 Å². The zero-order valence-electron chi connectivity index (χ0n) is 15.4. The molecule has 0 aliphatic carbocycles. The first-order valence-electron chi connectivity index (χ1n) is 9.41. The summed E-state index contributed by atoms with van der Waals surface area (Å²) in [6.07, 6.45) is 6.00. The lowest BCUT2D eigenvalue weighted by molar-refractivity contribution is 0.179. The van der Waals surface area contributed by atoms with Crippen LogP contribution < -0.4 is 5.32 Å². The van der Waals surface area contributed by atoms with Gasteiger partial charge in [0.25, 0.3) is 0 Å². The molecule has 3 aromatic rings. The van der Waals surface area contributed by atoms with Crippen molar-refractivity contribution in [1.29, 1.82) is 0 Å². The van der Waals surface area contributed by atoms with Crippen molar-refractivity contribution in [3.05, 3.63) is 54.0 Å². The van der Waals surface area contributed by atoms with Crippen molar-refractivity contribution in [3.63, 3.8) is 0 Å². The number of fused-ring (bicyclic) bond motifs is 1. The van der Waals surface area contributed by atoms with Crippen LogP contribution in [-0.2, 0) is 13.0 Å². The summed E-state index contributed by atoms with van der Waals surface area (Å²) in [5.74, 6) is 1.74. The third-order valence-corrected chi connectivity index (χ3v) is 5.00. The van der Waals surface area contributed by atoms with Crippen molar-refractivity contribution in [3.8, 4) is 0 Å². The lowest BCUT2D eigenvalue weighted by Gasteiger charge is -2.31. The highest BCUT2D eigenvalue weighted by Crippen LogP contribution is 2.27. The lowest BCUT2D eigenvalue weighted by Crippen LogP contribution is -2.43. The molecule has 1 saturated heterocycles. The van der Waals surface area contributed by atoms with Crippen LogP contribution in [0.25, 0.3) is 11.0 Å². The molecule has 4 heterocycles. The van der Waals surface area contributed by atoms with Crippen LogP contribution in [0.5, 0.6) is 0 Å². The molecular formula is C20H23N5O2. The second-order valence-corrected chi connectivity index (χ2v) is 6.78. The highest BCUT2D eigenvalue weighted by Gasteiger charge is 2.24. The minimum atomic E-state index is -0.0592. The van der Waals surface area contributed by atoms with Gasteiger partial charge in [0.05, 0.1) is 12.7 Å². The predicted octanol–water partition coefficient (Wildman–Crippen LogP) is 3.27. The topological polar surface area (TPSA) is 84.2 Å². The van der Waals surface area contributed by atoms with E-state index in [1.54, 1.807) is 12.4 Å². The molecule has 7 heteroatoms. The fourth-order valence-electron chi connectivity index (χ4n) is 3.44. The molecule has 1 aliphatic heterocycles. The van der Waals surface area contributed by atoms with Crippen LogP contribution in [0.2, 0.25) is 0 Å². The summed E-state index contributed by atoms with van der Waals surface area (Å²) in [6.45, 7) is 3.78. The lowest BCUT2D eigenvalue weighted by atomic mass is 9.93. The molecule has 0 atom stereocenters. The van der Waals surface area contributed by atoms with E-state index < -0.39 is 0 Å². The number of urea groups is 1. The fraction of sp³-hybridized carbons (Fsp3) is 0.400. The Bertz CT molecular complexity index is 931. The number of piperidine rings is 1. The SMILES string of the molecule is CCc1ncc(CNC(=O)N2CCC(c3ccc4cccnc4n3)CC2)o1. The molecule has 7 nitrogen and oxygen atoms in total. The van der Waals surface area contributed by atoms with Crippen molar-refractivity contribution >= 4 is 17.1 Å². The summed E-state index contributed by atoms with van der Waals surface area (Å²) in [5, 5.41) is 3.97. The summed E-state index contributed by atoms with van der Waals surface area (Å²) in [6, 6.07) is 8.04. The number of oxazole rings is 1. The van der Waals surface area contributed by atoms with E-state index in [9.17, 15) is 4.79 Å². The van der Waals surface area contributed by atoms with Crippen LogP contribution in [-0.4, -0.2) is 39.0 Å². The van der Waals surface area contributed by atoms with Crippen LogP contribution in [0.4, 0.5) is 4.79 Å². The first-order valence-corrected chi connectivity index (χ1v) is 9.41. The molecule has 3 aromatic heterocycles. The van der Waals surface area contributed by atoms with Crippen LogP contribution >= 0.6 is 0 Å². The van der Waals surface area contributed by atoms with Crippen LogP contribution in [0.3, 0.4) is 0 Å². The fourth-order valence-corrected chi connectivity index (χ4v) is 3.44. The minimum absolute atomic E-state index is 0.0592. The summed E-state index contributed by atoms with van der Waals surface area (Å²) in [7, 11) is 0. The molecule has 2 amide bonds. The number of amides is 2. The van der Waals surface area contributed by atoms with Crippen molar-refractivity contribution in [2.45, 2.75) is 38.6 Å². The Hall–Kier alpha value is -2.96. The number of rotatable bonds is 4. The third-order valence-electron chi connectivity index (χ3n) is 5.00. The minimum Gasteiger partial charge on any atom is -0.444 e. The van der Waals surface area contributed by atoms with Gasteiger partial charge in [0, 0.05) is 42.7 Å². The van der Waals surface area contributed by atoms with Crippen molar-refractivity contribution in [1.82, 2.24) is 25.2 Å². The number of pyridine rings is 2. The smallest absolute Gasteiger partial charge is 0.317 e. The Morgan fingerprint density at radius 1 is 1.26 bits per heavy atom. The largest absolute Gasteiger partial charge is 0.444 e. The van der Waals surface area contributed by atoms with E-state index in [1.165, 1.54) is 0 Å². The van der Waals surface area contributed by atoms with Gasteiger partial charge in [-0.3, -0.25) is 0 Å². The van der Waals surface area contributed by atoms with E-state index in [0.717, 1.165) is 49.1 Å². The van der Waals surface area contributed by atoms with E-state index >= 15 is 0 Å². The monoisotopic (exact) mass is 365 g/mol. The Balaban J connectivity index is 1.31. The maximum atomic E-state index is 12.4. The zero-order chi connectivity index (χ0) is 18.6. The molecule has 1 aliphatic rings. The van der Waals surface area contributed by atoms with Gasteiger partial charge in [0.1, 0.15) is 5.76 Å². The van der Waals surface area contributed by atoms with Crippen molar-refractivity contribution in [2.24, 2.45) is 0 Å². The molecule has 0 spiro atoms. The van der Waals surface area contributed by atoms with E-state index in [4.69, 9.17) is 9.40 Å². The number of carbonyl (C=O) groups is 1. The van der Waals surface area contributed by atoms with Gasteiger partial charge in [-0.2, -0.15) is 0 Å². The van der Waals surface area contributed by atoms with E-state index in [0.29, 0.717) is 24.1 Å². The maximum Gasteiger partial charge on any atom is 0.317 e. The summed E-state index contributed by atoms with van der Waals surface area (Å²) in [4.78, 5) is 27.4. The maximum absolute atomic E-state index is 12.4. The normalized spacial score (nSPS) is 15.2. The summed E-state index contributed by atoms with van der Waals surface area (Å²) >= 11 is 0. The van der Waals surface area contributed by atoms with Crippen molar-refractivity contribution in [2.75, 3.05) is 13.1 Å². The molecule has 140 valence electrons. The Kier molecular flexibility index (Phi) is 5.00. The number of likely N-dealkylation sites (tertiary alicyclic amines) is 1. The molecule has 0 unspecified atom stereocenters. The highest BCUT2D eigenvalue weighted by atomic mass is 16.4. The number of hydrogen-bond donors (Lipinski definition) is 1. The van der Waals surface area contributed by atoms with Gasteiger partial charge in [0.15, 0.2) is 11.5 Å². The van der Waals surface area contributed by atoms with Crippen LogP contribution in [0, 0.1) is 0 Å². The molecule has 1 N–H and O–H groups in total. The Morgan fingerprint density at radius 2 is 2.11 bits per heavy atom. The number of nitrogens with zero attached hydrogens (tertiary/aromatic N) is 4. The van der Waals surface area contributed by atoms with Gasteiger partial charge in [-0.1, -0.05) is 6.92 Å².